The van der Waals surface area contributed by atoms with E-state index in [1.54, 1.807) is 29.3 Å². The van der Waals surface area contributed by atoms with Crippen LogP contribution in [-0.2, 0) is 7.05 Å². The van der Waals surface area contributed by atoms with Crippen LogP contribution in [-0.4, -0.2) is 25.3 Å². The molecule has 24 heavy (non-hydrogen) atoms. The summed E-state index contributed by atoms with van der Waals surface area (Å²) < 4.78 is 1.56. The number of benzene rings is 1. The summed E-state index contributed by atoms with van der Waals surface area (Å²) in [6.07, 6.45) is 1.62. The van der Waals surface area contributed by atoms with Crippen molar-refractivity contribution in [3.05, 3.63) is 53.6 Å². The summed E-state index contributed by atoms with van der Waals surface area (Å²) in [5.41, 5.74) is 4.14. The van der Waals surface area contributed by atoms with Gasteiger partial charge in [-0.25, -0.2) is 4.68 Å². The van der Waals surface area contributed by atoms with E-state index in [1.165, 1.54) is 17.3 Å². The van der Waals surface area contributed by atoms with Gasteiger partial charge in [-0.2, -0.15) is 0 Å². The van der Waals surface area contributed by atoms with E-state index in [9.17, 15) is 0 Å². The summed E-state index contributed by atoms with van der Waals surface area (Å²) in [5, 5.41) is 27.0. The minimum atomic E-state index is 0.386. The number of aryl methyl sites for hydroxylation is 2. The minimum absolute atomic E-state index is 0.386. The standard InChI is InChI=1S/C16H16N6S2/c1-4-18-15-13(14(17)24-16-19-20-21-22(16)3)12(9-23-15)11-8-6-5-7-10(11)2/h4-9,17-18H,1H2,2-3H3. The second-order valence-electron chi connectivity index (χ2n) is 5.03. The topological polar surface area (TPSA) is 79.5 Å². The third-order valence-corrected chi connectivity index (χ3v) is 5.31. The molecule has 0 aliphatic carbocycles. The van der Waals surface area contributed by atoms with Gasteiger partial charge in [0.25, 0.3) is 0 Å². The van der Waals surface area contributed by atoms with Gasteiger partial charge in [0.05, 0.1) is 0 Å². The van der Waals surface area contributed by atoms with Crippen LogP contribution < -0.4 is 5.32 Å². The predicted molar refractivity (Wildman–Crippen MR) is 99.8 cm³/mol. The van der Waals surface area contributed by atoms with Crippen LogP contribution in [0.4, 0.5) is 5.00 Å². The molecule has 0 saturated carbocycles. The Balaban J connectivity index is 2.06. The molecule has 0 spiro atoms. The lowest BCUT2D eigenvalue weighted by molar-refractivity contribution is 0.665. The zero-order chi connectivity index (χ0) is 17.1. The highest BCUT2D eigenvalue weighted by atomic mass is 32.2. The number of tetrazole rings is 1. The van der Waals surface area contributed by atoms with Gasteiger partial charge in [-0.1, -0.05) is 30.8 Å². The average Bonchev–Trinajstić information content (AvgIpc) is 3.15. The highest BCUT2D eigenvalue weighted by molar-refractivity contribution is 8.14. The van der Waals surface area contributed by atoms with Gasteiger partial charge >= 0.3 is 0 Å². The highest BCUT2D eigenvalue weighted by Gasteiger charge is 2.20. The molecule has 0 unspecified atom stereocenters. The molecular weight excluding hydrogens is 340 g/mol. The van der Waals surface area contributed by atoms with E-state index in [2.05, 4.69) is 51.9 Å². The molecule has 0 amide bonds. The van der Waals surface area contributed by atoms with Gasteiger partial charge in [-0.15, -0.1) is 16.4 Å². The van der Waals surface area contributed by atoms with E-state index < -0.39 is 0 Å². The van der Waals surface area contributed by atoms with Gasteiger partial charge in [0, 0.05) is 23.6 Å². The maximum absolute atomic E-state index is 8.59. The molecule has 3 aromatic rings. The summed E-state index contributed by atoms with van der Waals surface area (Å²) in [4.78, 5) is 0. The highest BCUT2D eigenvalue weighted by Crippen LogP contribution is 2.39. The molecule has 0 aliphatic rings. The maximum atomic E-state index is 8.59. The Hall–Kier alpha value is -2.45. The van der Waals surface area contributed by atoms with Crippen LogP contribution in [0.2, 0.25) is 0 Å². The Kier molecular flexibility index (Phi) is 4.77. The average molecular weight is 356 g/mol. The largest absolute Gasteiger partial charge is 0.354 e. The first-order valence-corrected chi connectivity index (χ1v) is 8.85. The smallest absolute Gasteiger partial charge is 0.215 e. The monoisotopic (exact) mass is 356 g/mol. The predicted octanol–water partition coefficient (Wildman–Crippen LogP) is 3.92. The minimum Gasteiger partial charge on any atom is -0.354 e. The molecule has 122 valence electrons. The van der Waals surface area contributed by atoms with E-state index in [0.717, 1.165) is 21.7 Å². The SMILES string of the molecule is C=CNc1scc(-c2ccccc2C)c1C(=N)Sc1nnnn1C. The second kappa shape index (κ2) is 6.98. The molecule has 2 aromatic heterocycles. The zero-order valence-electron chi connectivity index (χ0n) is 13.3. The number of thioether (sulfide) groups is 1. The van der Waals surface area contributed by atoms with Crippen molar-refractivity contribution in [3.63, 3.8) is 0 Å². The lowest BCUT2D eigenvalue weighted by atomic mass is 10.00. The van der Waals surface area contributed by atoms with Crippen LogP contribution in [0.5, 0.6) is 0 Å². The van der Waals surface area contributed by atoms with E-state index in [-0.39, 0.29) is 0 Å². The number of hydrogen-bond acceptors (Lipinski definition) is 7. The summed E-state index contributed by atoms with van der Waals surface area (Å²) >= 11 is 2.79. The molecule has 0 atom stereocenters. The molecule has 0 radical (unpaired) electrons. The molecular formula is C16H16N6S2. The van der Waals surface area contributed by atoms with E-state index in [0.29, 0.717) is 10.2 Å². The molecule has 6 nitrogen and oxygen atoms in total. The molecule has 0 fully saturated rings. The van der Waals surface area contributed by atoms with Crippen LogP contribution in [0.3, 0.4) is 0 Å². The van der Waals surface area contributed by atoms with Crippen LogP contribution >= 0.6 is 23.1 Å². The molecule has 0 aliphatic heterocycles. The molecule has 2 N–H and O–H groups in total. The quantitative estimate of drug-likeness (QED) is 0.411. The van der Waals surface area contributed by atoms with Crippen LogP contribution in [0.15, 0.2) is 47.6 Å². The number of hydrogen-bond donors (Lipinski definition) is 2. The van der Waals surface area contributed by atoms with Crippen molar-refractivity contribution in [3.8, 4) is 11.1 Å². The van der Waals surface area contributed by atoms with Gasteiger partial charge < -0.3 is 5.32 Å². The number of nitrogens with zero attached hydrogens (tertiary/aromatic N) is 4. The Labute approximate surface area is 148 Å². The summed E-state index contributed by atoms with van der Waals surface area (Å²) in [5.74, 6) is 0. The summed E-state index contributed by atoms with van der Waals surface area (Å²) in [6.45, 7) is 5.80. The van der Waals surface area contributed by atoms with Crippen molar-refractivity contribution in [2.24, 2.45) is 7.05 Å². The molecule has 3 rings (SSSR count). The molecule has 0 bridgehead atoms. The van der Waals surface area contributed by atoms with Crippen molar-refractivity contribution >= 4 is 33.1 Å². The third-order valence-electron chi connectivity index (χ3n) is 3.46. The van der Waals surface area contributed by atoms with E-state index in [4.69, 9.17) is 5.41 Å². The van der Waals surface area contributed by atoms with Crippen molar-refractivity contribution in [2.75, 3.05) is 5.32 Å². The fourth-order valence-electron chi connectivity index (χ4n) is 2.31. The molecule has 0 saturated heterocycles. The number of nitrogens with one attached hydrogen (secondary N) is 2. The Morgan fingerprint density at radius 3 is 2.83 bits per heavy atom. The first-order valence-electron chi connectivity index (χ1n) is 7.16. The van der Waals surface area contributed by atoms with Gasteiger partial charge in [0.1, 0.15) is 10.0 Å². The van der Waals surface area contributed by atoms with Crippen LogP contribution in [0.1, 0.15) is 11.1 Å². The van der Waals surface area contributed by atoms with Gasteiger partial charge in [0.2, 0.25) is 5.16 Å². The Bertz CT molecular complexity index is 896. The zero-order valence-corrected chi connectivity index (χ0v) is 14.9. The molecule has 8 heteroatoms. The van der Waals surface area contributed by atoms with Crippen LogP contribution in [0.25, 0.3) is 11.1 Å². The van der Waals surface area contributed by atoms with Gasteiger partial charge in [0.15, 0.2) is 0 Å². The van der Waals surface area contributed by atoms with Crippen molar-refractivity contribution < 1.29 is 0 Å². The first-order chi connectivity index (χ1) is 11.6. The lowest BCUT2D eigenvalue weighted by Gasteiger charge is -2.10. The lowest BCUT2D eigenvalue weighted by Crippen LogP contribution is -2.02. The number of anilines is 1. The number of rotatable bonds is 5. The fourth-order valence-corrected chi connectivity index (χ4v) is 4.07. The van der Waals surface area contributed by atoms with E-state index >= 15 is 0 Å². The normalized spacial score (nSPS) is 10.6. The fraction of sp³-hybridized carbons (Fsp3) is 0.125. The van der Waals surface area contributed by atoms with Crippen molar-refractivity contribution in [1.29, 1.82) is 5.41 Å². The molecule has 1 aromatic carbocycles. The number of thiophene rings is 1. The third kappa shape index (κ3) is 3.10. The summed E-state index contributed by atoms with van der Waals surface area (Å²) in [6, 6.07) is 8.16. The van der Waals surface area contributed by atoms with Gasteiger partial charge in [-0.3, -0.25) is 5.41 Å². The van der Waals surface area contributed by atoms with Crippen molar-refractivity contribution in [1.82, 2.24) is 20.2 Å². The maximum Gasteiger partial charge on any atom is 0.215 e. The Morgan fingerprint density at radius 2 is 2.17 bits per heavy atom. The Morgan fingerprint density at radius 1 is 1.38 bits per heavy atom. The van der Waals surface area contributed by atoms with Gasteiger partial charge in [-0.05, 0) is 46.4 Å². The number of aromatic nitrogens is 4. The van der Waals surface area contributed by atoms with Crippen molar-refractivity contribution in [2.45, 2.75) is 12.1 Å². The van der Waals surface area contributed by atoms with Crippen LogP contribution in [0, 0.1) is 12.3 Å². The first kappa shape index (κ1) is 16.4. The van der Waals surface area contributed by atoms with E-state index in [1.807, 2.05) is 12.1 Å². The second-order valence-corrected chi connectivity index (χ2v) is 6.89. The molecule has 2 heterocycles. The summed E-state index contributed by atoms with van der Waals surface area (Å²) in [7, 11) is 1.76.